The second-order valence-corrected chi connectivity index (χ2v) is 5.60. The maximum absolute atomic E-state index is 12.2. The molecule has 3 N–H and O–H groups in total. The van der Waals surface area contributed by atoms with Crippen molar-refractivity contribution in [2.24, 2.45) is 0 Å². The number of carbonyl (C=O) groups is 1. The second-order valence-electron chi connectivity index (χ2n) is 5.60. The number of rotatable bonds is 5. The van der Waals surface area contributed by atoms with E-state index >= 15 is 0 Å². The van der Waals surface area contributed by atoms with Gasteiger partial charge in [0, 0.05) is 12.7 Å². The van der Waals surface area contributed by atoms with Crippen molar-refractivity contribution in [3.8, 4) is 0 Å². The maximum atomic E-state index is 12.2. The van der Waals surface area contributed by atoms with Gasteiger partial charge in [-0.3, -0.25) is 14.6 Å². The third kappa shape index (κ3) is 5.19. The van der Waals surface area contributed by atoms with Crippen LogP contribution < -0.4 is 16.6 Å². The normalized spacial score (nSPS) is 20.8. The minimum Gasteiger partial charge on any atom is -0.379 e. The molecule has 0 radical (unpaired) electrons. The van der Waals surface area contributed by atoms with Crippen LogP contribution in [0, 0.1) is 0 Å². The molecule has 8 heteroatoms. The van der Waals surface area contributed by atoms with Crippen LogP contribution in [0.15, 0.2) is 27.3 Å². The monoisotopic (exact) mass is 323 g/mol. The Morgan fingerprint density at radius 2 is 2.22 bits per heavy atom. The summed E-state index contributed by atoms with van der Waals surface area (Å²) in [6, 6.07) is 0.698. The summed E-state index contributed by atoms with van der Waals surface area (Å²) < 4.78 is 11.2. The van der Waals surface area contributed by atoms with Crippen LogP contribution in [0.3, 0.4) is 0 Å². The molecule has 2 heterocycles. The number of ether oxygens (including phenoxy) is 2. The van der Waals surface area contributed by atoms with Crippen molar-refractivity contribution in [2.75, 3.05) is 19.8 Å². The molecule has 1 aromatic rings. The van der Waals surface area contributed by atoms with Crippen molar-refractivity contribution in [3.63, 3.8) is 0 Å². The van der Waals surface area contributed by atoms with Gasteiger partial charge in [-0.25, -0.2) is 4.79 Å². The standard InChI is InChI=1S/C15H21N3O5/c1-9(2)3-6-23-12-4-5-22-8-11(12)16-14(20)10-7-13(19)18-15(21)17-10/h3,7,11-12H,4-6,8H2,1-2H3,(H,16,20)(H2,17,18,19,21)/t11-,12+/m1/s1. The number of aromatic nitrogens is 2. The summed E-state index contributed by atoms with van der Waals surface area (Å²) in [5, 5.41) is 2.75. The number of aromatic amines is 2. The van der Waals surface area contributed by atoms with Gasteiger partial charge in [0.05, 0.1) is 25.4 Å². The minimum absolute atomic E-state index is 0.0904. The highest BCUT2D eigenvalue weighted by Crippen LogP contribution is 2.12. The highest BCUT2D eigenvalue weighted by molar-refractivity contribution is 5.92. The third-order valence-electron chi connectivity index (χ3n) is 3.42. The summed E-state index contributed by atoms with van der Waals surface area (Å²) in [6.07, 6.45) is 2.44. The van der Waals surface area contributed by atoms with Crippen LogP contribution in [0.4, 0.5) is 0 Å². The van der Waals surface area contributed by atoms with Gasteiger partial charge in [0.25, 0.3) is 11.5 Å². The molecule has 1 saturated heterocycles. The summed E-state index contributed by atoms with van der Waals surface area (Å²) in [5.74, 6) is -0.542. The van der Waals surface area contributed by atoms with E-state index in [4.69, 9.17) is 9.47 Å². The highest BCUT2D eigenvalue weighted by Gasteiger charge is 2.28. The van der Waals surface area contributed by atoms with Crippen LogP contribution in [-0.2, 0) is 9.47 Å². The molecule has 2 rings (SSSR count). The Hall–Kier alpha value is -2.19. The van der Waals surface area contributed by atoms with Crippen molar-refractivity contribution >= 4 is 5.91 Å². The van der Waals surface area contributed by atoms with Gasteiger partial charge in [0.1, 0.15) is 5.69 Å². The zero-order valence-electron chi connectivity index (χ0n) is 13.2. The lowest BCUT2D eigenvalue weighted by molar-refractivity contribution is -0.0457. The fourth-order valence-corrected chi connectivity index (χ4v) is 2.23. The maximum Gasteiger partial charge on any atom is 0.326 e. The molecule has 0 aromatic carbocycles. The number of allylic oxidation sites excluding steroid dienone is 1. The minimum atomic E-state index is -0.723. The van der Waals surface area contributed by atoms with E-state index in [0.29, 0.717) is 26.2 Å². The number of nitrogens with one attached hydrogen (secondary N) is 3. The average molecular weight is 323 g/mol. The van der Waals surface area contributed by atoms with E-state index in [0.717, 1.165) is 11.6 Å². The number of H-pyrrole nitrogens is 2. The fourth-order valence-electron chi connectivity index (χ4n) is 2.23. The van der Waals surface area contributed by atoms with Crippen molar-refractivity contribution in [1.29, 1.82) is 0 Å². The van der Waals surface area contributed by atoms with Gasteiger partial charge in [0.2, 0.25) is 0 Å². The van der Waals surface area contributed by atoms with Gasteiger partial charge in [-0.15, -0.1) is 0 Å². The second kappa shape index (κ2) is 7.89. The lowest BCUT2D eigenvalue weighted by Gasteiger charge is -2.31. The van der Waals surface area contributed by atoms with E-state index in [1.54, 1.807) is 0 Å². The van der Waals surface area contributed by atoms with E-state index in [9.17, 15) is 14.4 Å². The van der Waals surface area contributed by atoms with Gasteiger partial charge >= 0.3 is 5.69 Å². The first-order valence-corrected chi connectivity index (χ1v) is 7.43. The molecule has 1 fully saturated rings. The molecule has 0 bridgehead atoms. The number of hydrogen-bond acceptors (Lipinski definition) is 5. The van der Waals surface area contributed by atoms with Gasteiger partial charge in [0.15, 0.2) is 0 Å². The predicted octanol–water partition coefficient (Wildman–Crippen LogP) is -0.0667. The third-order valence-corrected chi connectivity index (χ3v) is 3.42. The fraction of sp³-hybridized carbons (Fsp3) is 0.533. The van der Waals surface area contributed by atoms with Crippen molar-refractivity contribution in [2.45, 2.75) is 32.4 Å². The molecule has 0 spiro atoms. The van der Waals surface area contributed by atoms with E-state index in [1.165, 1.54) is 0 Å². The molecule has 0 saturated carbocycles. The highest BCUT2D eigenvalue weighted by atomic mass is 16.5. The molecule has 0 aliphatic carbocycles. The summed E-state index contributed by atoms with van der Waals surface area (Å²) in [6.45, 7) is 5.30. The Morgan fingerprint density at radius 3 is 2.91 bits per heavy atom. The molecule has 23 heavy (non-hydrogen) atoms. The zero-order chi connectivity index (χ0) is 16.8. The SMILES string of the molecule is CC(C)=CCO[C@H]1CCOC[C@H]1NC(=O)c1cc(=O)[nH]c(=O)[nH]1. The summed E-state index contributed by atoms with van der Waals surface area (Å²) in [5.41, 5.74) is -0.292. The van der Waals surface area contributed by atoms with E-state index in [2.05, 4.69) is 10.3 Å². The van der Waals surface area contributed by atoms with Crippen LogP contribution in [0.2, 0.25) is 0 Å². The molecular weight excluding hydrogens is 302 g/mol. The van der Waals surface area contributed by atoms with E-state index < -0.39 is 17.2 Å². The lowest BCUT2D eigenvalue weighted by Crippen LogP contribution is -2.51. The first kappa shape index (κ1) is 17.2. The summed E-state index contributed by atoms with van der Waals surface area (Å²) in [7, 11) is 0. The Labute approximate surface area is 132 Å². The molecule has 1 amide bonds. The first-order chi connectivity index (χ1) is 11.0. The van der Waals surface area contributed by atoms with E-state index in [-0.39, 0.29) is 17.8 Å². The van der Waals surface area contributed by atoms with Crippen LogP contribution in [0.25, 0.3) is 0 Å². The van der Waals surface area contributed by atoms with Crippen molar-refractivity contribution < 1.29 is 14.3 Å². The number of hydrogen-bond donors (Lipinski definition) is 3. The molecule has 126 valence electrons. The quantitative estimate of drug-likeness (QED) is 0.657. The van der Waals surface area contributed by atoms with Crippen LogP contribution >= 0.6 is 0 Å². The zero-order valence-corrected chi connectivity index (χ0v) is 13.2. The number of amides is 1. The Morgan fingerprint density at radius 1 is 1.43 bits per heavy atom. The topological polar surface area (TPSA) is 113 Å². The smallest absolute Gasteiger partial charge is 0.326 e. The van der Waals surface area contributed by atoms with E-state index in [1.807, 2.05) is 24.9 Å². The van der Waals surface area contributed by atoms with Crippen LogP contribution in [-0.4, -0.2) is 47.8 Å². The summed E-state index contributed by atoms with van der Waals surface area (Å²) >= 11 is 0. The van der Waals surface area contributed by atoms with Crippen molar-refractivity contribution in [1.82, 2.24) is 15.3 Å². The Kier molecular flexibility index (Phi) is 5.89. The Balaban J connectivity index is 2.03. The predicted molar refractivity (Wildman–Crippen MR) is 83.5 cm³/mol. The molecule has 0 unspecified atom stereocenters. The number of carbonyl (C=O) groups excluding carboxylic acids is 1. The molecule has 8 nitrogen and oxygen atoms in total. The van der Waals surface area contributed by atoms with Crippen LogP contribution in [0.1, 0.15) is 30.8 Å². The lowest BCUT2D eigenvalue weighted by atomic mass is 10.1. The Bertz CT molecular complexity index is 659. The van der Waals surface area contributed by atoms with Gasteiger partial charge in [-0.2, -0.15) is 0 Å². The molecule has 1 aliphatic rings. The average Bonchev–Trinajstić information content (AvgIpc) is 2.47. The van der Waals surface area contributed by atoms with Gasteiger partial charge in [-0.1, -0.05) is 11.6 Å². The first-order valence-electron chi connectivity index (χ1n) is 7.43. The molecular formula is C15H21N3O5. The largest absolute Gasteiger partial charge is 0.379 e. The van der Waals surface area contributed by atoms with Gasteiger partial charge in [-0.05, 0) is 20.3 Å². The van der Waals surface area contributed by atoms with Crippen molar-refractivity contribution in [3.05, 3.63) is 44.2 Å². The molecule has 1 aliphatic heterocycles. The molecule has 1 aromatic heterocycles. The van der Waals surface area contributed by atoms with Gasteiger partial charge < -0.3 is 19.8 Å². The van der Waals surface area contributed by atoms with Crippen LogP contribution in [0.5, 0.6) is 0 Å². The molecule has 2 atom stereocenters. The summed E-state index contributed by atoms with van der Waals surface area (Å²) in [4.78, 5) is 39.0.